The second kappa shape index (κ2) is 5.45. The molecule has 2 N–H and O–H groups in total. The van der Waals surface area contributed by atoms with Crippen molar-refractivity contribution in [3.8, 4) is 5.75 Å². The van der Waals surface area contributed by atoms with Gasteiger partial charge in [0.1, 0.15) is 11.3 Å². The third kappa shape index (κ3) is 2.49. The van der Waals surface area contributed by atoms with E-state index in [2.05, 4.69) is 22.0 Å². The van der Waals surface area contributed by atoms with E-state index in [0.717, 1.165) is 34.5 Å². The molecule has 19 heavy (non-hydrogen) atoms. The van der Waals surface area contributed by atoms with Crippen molar-refractivity contribution in [3.05, 3.63) is 29.5 Å². The summed E-state index contributed by atoms with van der Waals surface area (Å²) < 4.78 is 5.44. The normalized spacial score (nSPS) is 10.8. The van der Waals surface area contributed by atoms with Crippen LogP contribution in [0.5, 0.6) is 5.75 Å². The van der Waals surface area contributed by atoms with E-state index in [1.807, 2.05) is 27.1 Å². The number of nitrogens with two attached hydrogens (primary N) is 1. The summed E-state index contributed by atoms with van der Waals surface area (Å²) in [5, 5.41) is 1.14. The van der Waals surface area contributed by atoms with Crippen molar-refractivity contribution in [1.82, 2.24) is 4.98 Å². The topological polar surface area (TPSA) is 51.4 Å². The number of nitrogens with zero attached hydrogens (tertiary/aromatic N) is 2. The number of benzene rings is 1. The number of pyridine rings is 1. The summed E-state index contributed by atoms with van der Waals surface area (Å²) in [6.45, 7) is 2.63. The number of hydrogen-bond donors (Lipinski definition) is 1. The van der Waals surface area contributed by atoms with Gasteiger partial charge in [0.05, 0.1) is 7.11 Å². The zero-order chi connectivity index (χ0) is 14.0. The lowest BCUT2D eigenvalue weighted by molar-refractivity contribution is 0.418. The molecule has 0 aliphatic rings. The summed E-state index contributed by atoms with van der Waals surface area (Å²) in [4.78, 5) is 6.75. The lowest BCUT2D eigenvalue weighted by Gasteiger charge is -2.19. The van der Waals surface area contributed by atoms with Crippen LogP contribution in [-0.2, 0) is 6.42 Å². The van der Waals surface area contributed by atoms with Crippen molar-refractivity contribution in [2.75, 3.05) is 32.6 Å². The third-order valence-corrected chi connectivity index (χ3v) is 3.23. The Bertz CT molecular complexity index is 593. The zero-order valence-corrected chi connectivity index (χ0v) is 12.0. The largest absolute Gasteiger partial charge is 0.494 e. The van der Waals surface area contributed by atoms with Gasteiger partial charge in [-0.15, -0.1) is 0 Å². The Labute approximate surface area is 114 Å². The lowest BCUT2D eigenvalue weighted by atomic mass is 10.0. The standard InChI is InChI=1S/C15H21N3O/c1-10-9-12(18(2)3)14-11(7-8-16)5-6-13(19-4)15(14)17-10/h5-6,9H,7-8,16H2,1-4H3. The average molecular weight is 259 g/mol. The molecule has 0 fully saturated rings. The zero-order valence-electron chi connectivity index (χ0n) is 12.0. The number of anilines is 1. The van der Waals surface area contributed by atoms with Crippen LogP contribution in [0.4, 0.5) is 5.69 Å². The molecule has 2 aromatic rings. The van der Waals surface area contributed by atoms with Crippen molar-refractivity contribution in [2.24, 2.45) is 5.73 Å². The minimum atomic E-state index is 0.627. The van der Waals surface area contributed by atoms with Crippen LogP contribution in [0.2, 0.25) is 0 Å². The minimum Gasteiger partial charge on any atom is -0.494 e. The molecule has 1 heterocycles. The smallest absolute Gasteiger partial charge is 0.145 e. The molecule has 0 saturated carbocycles. The van der Waals surface area contributed by atoms with Crippen LogP contribution in [-0.4, -0.2) is 32.7 Å². The van der Waals surface area contributed by atoms with Gasteiger partial charge in [-0.05, 0) is 37.6 Å². The first-order valence-corrected chi connectivity index (χ1v) is 6.43. The first-order chi connectivity index (χ1) is 9.08. The van der Waals surface area contributed by atoms with Crippen LogP contribution in [0.15, 0.2) is 18.2 Å². The van der Waals surface area contributed by atoms with E-state index >= 15 is 0 Å². The van der Waals surface area contributed by atoms with E-state index in [0.29, 0.717) is 6.54 Å². The number of aromatic nitrogens is 1. The molecule has 0 aliphatic carbocycles. The molecule has 0 spiro atoms. The highest BCUT2D eigenvalue weighted by atomic mass is 16.5. The Morgan fingerprint density at radius 2 is 2.05 bits per heavy atom. The molecule has 0 bridgehead atoms. The van der Waals surface area contributed by atoms with Gasteiger partial charge in [0, 0.05) is 30.9 Å². The van der Waals surface area contributed by atoms with Gasteiger partial charge >= 0.3 is 0 Å². The molecule has 1 aromatic carbocycles. The quantitative estimate of drug-likeness (QED) is 0.913. The highest BCUT2D eigenvalue weighted by molar-refractivity contribution is 5.98. The predicted molar refractivity (Wildman–Crippen MR) is 80.1 cm³/mol. The van der Waals surface area contributed by atoms with Gasteiger partial charge in [-0.25, -0.2) is 4.98 Å². The van der Waals surface area contributed by atoms with E-state index in [9.17, 15) is 0 Å². The number of ether oxygens (including phenoxy) is 1. The summed E-state index contributed by atoms with van der Waals surface area (Å²) >= 11 is 0. The molecule has 0 aliphatic heterocycles. The van der Waals surface area contributed by atoms with Gasteiger partial charge in [-0.1, -0.05) is 6.07 Å². The summed E-state index contributed by atoms with van der Waals surface area (Å²) in [5.74, 6) is 0.808. The molecule has 0 amide bonds. The van der Waals surface area contributed by atoms with Crippen molar-refractivity contribution in [3.63, 3.8) is 0 Å². The van der Waals surface area contributed by atoms with E-state index in [1.165, 1.54) is 5.56 Å². The number of aryl methyl sites for hydroxylation is 1. The molecule has 1 aromatic heterocycles. The van der Waals surface area contributed by atoms with Crippen LogP contribution >= 0.6 is 0 Å². The monoisotopic (exact) mass is 259 g/mol. The maximum atomic E-state index is 5.71. The van der Waals surface area contributed by atoms with Crippen molar-refractivity contribution in [1.29, 1.82) is 0 Å². The highest BCUT2D eigenvalue weighted by Crippen LogP contribution is 2.34. The van der Waals surface area contributed by atoms with Gasteiger partial charge in [0.2, 0.25) is 0 Å². The van der Waals surface area contributed by atoms with E-state index in [4.69, 9.17) is 10.5 Å². The molecule has 0 saturated heterocycles. The highest BCUT2D eigenvalue weighted by Gasteiger charge is 2.14. The summed E-state index contributed by atoms with van der Waals surface area (Å²) in [6, 6.07) is 6.15. The number of rotatable bonds is 4. The van der Waals surface area contributed by atoms with Crippen LogP contribution in [0, 0.1) is 6.92 Å². The van der Waals surface area contributed by atoms with Crippen LogP contribution in [0.1, 0.15) is 11.3 Å². The van der Waals surface area contributed by atoms with Crippen LogP contribution < -0.4 is 15.4 Å². The Kier molecular flexibility index (Phi) is 3.90. The molecular formula is C15H21N3O. The number of methoxy groups -OCH3 is 1. The van der Waals surface area contributed by atoms with Crippen molar-refractivity contribution >= 4 is 16.6 Å². The Balaban J connectivity index is 2.85. The maximum Gasteiger partial charge on any atom is 0.145 e. The van der Waals surface area contributed by atoms with Crippen LogP contribution in [0.25, 0.3) is 10.9 Å². The fourth-order valence-electron chi connectivity index (χ4n) is 2.37. The lowest BCUT2D eigenvalue weighted by Crippen LogP contribution is -2.12. The first-order valence-electron chi connectivity index (χ1n) is 6.43. The molecular weight excluding hydrogens is 238 g/mol. The minimum absolute atomic E-state index is 0.627. The fraction of sp³-hybridized carbons (Fsp3) is 0.400. The molecule has 0 atom stereocenters. The fourth-order valence-corrected chi connectivity index (χ4v) is 2.37. The van der Waals surface area contributed by atoms with Crippen molar-refractivity contribution < 1.29 is 4.74 Å². The number of hydrogen-bond acceptors (Lipinski definition) is 4. The predicted octanol–water partition coefficient (Wildman–Crippen LogP) is 2.12. The van der Waals surface area contributed by atoms with E-state index < -0.39 is 0 Å². The average Bonchev–Trinajstić information content (AvgIpc) is 2.38. The second-order valence-corrected chi connectivity index (χ2v) is 4.87. The van der Waals surface area contributed by atoms with Gasteiger partial charge in [0.25, 0.3) is 0 Å². The Morgan fingerprint density at radius 3 is 2.63 bits per heavy atom. The molecule has 4 heteroatoms. The Hall–Kier alpha value is -1.81. The summed E-state index contributed by atoms with van der Waals surface area (Å²) in [6.07, 6.45) is 0.839. The summed E-state index contributed by atoms with van der Waals surface area (Å²) in [5.41, 5.74) is 9.99. The van der Waals surface area contributed by atoms with Gasteiger partial charge < -0.3 is 15.4 Å². The molecule has 4 nitrogen and oxygen atoms in total. The van der Waals surface area contributed by atoms with E-state index in [1.54, 1.807) is 7.11 Å². The molecule has 2 rings (SSSR count). The van der Waals surface area contributed by atoms with Gasteiger partial charge in [-0.3, -0.25) is 0 Å². The number of fused-ring (bicyclic) bond motifs is 1. The van der Waals surface area contributed by atoms with E-state index in [-0.39, 0.29) is 0 Å². The van der Waals surface area contributed by atoms with Gasteiger partial charge in [0.15, 0.2) is 0 Å². The van der Waals surface area contributed by atoms with Crippen LogP contribution in [0.3, 0.4) is 0 Å². The SMILES string of the molecule is COc1ccc(CCN)c2c(N(C)C)cc(C)nc12. The summed E-state index contributed by atoms with van der Waals surface area (Å²) in [7, 11) is 5.76. The molecule has 0 radical (unpaired) electrons. The Morgan fingerprint density at radius 1 is 1.32 bits per heavy atom. The van der Waals surface area contributed by atoms with Crippen molar-refractivity contribution in [2.45, 2.75) is 13.3 Å². The first kappa shape index (κ1) is 13.6. The molecule has 102 valence electrons. The third-order valence-electron chi connectivity index (χ3n) is 3.23. The second-order valence-electron chi connectivity index (χ2n) is 4.87. The maximum absolute atomic E-state index is 5.71. The van der Waals surface area contributed by atoms with Gasteiger partial charge in [-0.2, -0.15) is 0 Å². The molecule has 0 unspecified atom stereocenters.